The summed E-state index contributed by atoms with van der Waals surface area (Å²) in [6.07, 6.45) is 0. The van der Waals surface area contributed by atoms with Gasteiger partial charge in [0, 0.05) is 24.5 Å². The van der Waals surface area contributed by atoms with E-state index in [0.29, 0.717) is 12.3 Å². The van der Waals surface area contributed by atoms with Crippen LogP contribution in [0.15, 0.2) is 70.4 Å². The Morgan fingerprint density at radius 2 is 1.75 bits per heavy atom. The number of hydrogen-bond acceptors (Lipinski definition) is 4. The number of hydrogen-bond donors (Lipinski definition) is 0. The predicted octanol–water partition coefficient (Wildman–Crippen LogP) is 4.56. The highest BCUT2D eigenvalue weighted by molar-refractivity contribution is 8.01. The second-order valence-electron chi connectivity index (χ2n) is 5.39. The van der Waals surface area contributed by atoms with E-state index in [1.54, 1.807) is 16.2 Å². The molecule has 1 aromatic heterocycles. The molecule has 0 saturated carbocycles. The molecular weight excluding hydrogens is 336 g/mol. The maximum atomic E-state index is 12.3. The molecule has 1 amide bonds. The summed E-state index contributed by atoms with van der Waals surface area (Å²) in [4.78, 5) is 18.6. The molecule has 5 heteroatoms. The van der Waals surface area contributed by atoms with E-state index >= 15 is 0 Å². The van der Waals surface area contributed by atoms with Crippen LogP contribution in [0.25, 0.3) is 11.3 Å². The van der Waals surface area contributed by atoms with Crippen molar-refractivity contribution in [3.63, 3.8) is 0 Å². The van der Waals surface area contributed by atoms with E-state index in [9.17, 15) is 4.79 Å². The van der Waals surface area contributed by atoms with Gasteiger partial charge < -0.3 is 4.90 Å². The summed E-state index contributed by atoms with van der Waals surface area (Å²) in [7, 11) is 1.84. The Morgan fingerprint density at radius 3 is 2.46 bits per heavy atom. The van der Waals surface area contributed by atoms with E-state index in [1.807, 2.05) is 73.1 Å². The average Bonchev–Trinajstić information content (AvgIpc) is 3.10. The Balaban J connectivity index is 1.54. The lowest BCUT2D eigenvalue weighted by atomic mass is 10.2. The van der Waals surface area contributed by atoms with Crippen LogP contribution >= 0.6 is 23.1 Å². The van der Waals surface area contributed by atoms with E-state index in [4.69, 9.17) is 0 Å². The summed E-state index contributed by atoms with van der Waals surface area (Å²) in [5.74, 6) is 0.519. The van der Waals surface area contributed by atoms with Crippen molar-refractivity contribution >= 4 is 29.0 Å². The second-order valence-corrected chi connectivity index (χ2v) is 7.47. The first-order valence-electron chi connectivity index (χ1n) is 7.64. The predicted molar refractivity (Wildman–Crippen MR) is 101 cm³/mol. The largest absolute Gasteiger partial charge is 0.341 e. The molecule has 0 atom stereocenters. The molecule has 3 aromatic rings. The van der Waals surface area contributed by atoms with Gasteiger partial charge in [0.25, 0.3) is 0 Å². The molecule has 0 unspecified atom stereocenters. The number of rotatable bonds is 6. The van der Waals surface area contributed by atoms with Gasteiger partial charge in [0.15, 0.2) is 4.34 Å². The fourth-order valence-corrected chi connectivity index (χ4v) is 4.02. The number of amides is 1. The van der Waals surface area contributed by atoms with E-state index in [2.05, 4.69) is 4.98 Å². The van der Waals surface area contributed by atoms with Gasteiger partial charge in [-0.15, -0.1) is 11.3 Å². The molecular formula is C19H18N2OS2. The van der Waals surface area contributed by atoms with Crippen molar-refractivity contribution in [2.75, 3.05) is 12.8 Å². The smallest absolute Gasteiger partial charge is 0.233 e. The molecule has 3 rings (SSSR count). The van der Waals surface area contributed by atoms with Crippen LogP contribution in [-0.2, 0) is 11.3 Å². The number of carbonyl (C=O) groups excluding carboxylic acids is 1. The molecule has 122 valence electrons. The van der Waals surface area contributed by atoms with Gasteiger partial charge in [-0.25, -0.2) is 4.98 Å². The highest BCUT2D eigenvalue weighted by Gasteiger charge is 2.12. The fraction of sp³-hybridized carbons (Fsp3) is 0.158. The van der Waals surface area contributed by atoms with Gasteiger partial charge >= 0.3 is 0 Å². The van der Waals surface area contributed by atoms with Crippen molar-refractivity contribution in [1.82, 2.24) is 9.88 Å². The molecule has 0 fully saturated rings. The third-order valence-corrected chi connectivity index (χ3v) is 5.57. The summed E-state index contributed by atoms with van der Waals surface area (Å²) < 4.78 is 0.926. The van der Waals surface area contributed by atoms with Crippen LogP contribution in [0.3, 0.4) is 0 Å². The summed E-state index contributed by atoms with van der Waals surface area (Å²) in [5, 5.41) is 2.04. The lowest BCUT2D eigenvalue weighted by Gasteiger charge is -2.16. The molecule has 2 aromatic carbocycles. The van der Waals surface area contributed by atoms with Gasteiger partial charge in [-0.05, 0) is 5.56 Å². The Bertz CT molecular complexity index is 787. The molecule has 0 spiro atoms. The third-order valence-electron chi connectivity index (χ3n) is 3.56. The van der Waals surface area contributed by atoms with E-state index in [1.165, 1.54) is 11.8 Å². The third kappa shape index (κ3) is 4.46. The average molecular weight is 354 g/mol. The lowest BCUT2D eigenvalue weighted by molar-refractivity contribution is -0.127. The van der Waals surface area contributed by atoms with Crippen LogP contribution in [-0.4, -0.2) is 28.6 Å². The number of nitrogens with zero attached hydrogens (tertiary/aromatic N) is 2. The molecule has 0 bridgehead atoms. The summed E-state index contributed by atoms with van der Waals surface area (Å²) in [6, 6.07) is 20.1. The summed E-state index contributed by atoms with van der Waals surface area (Å²) >= 11 is 3.08. The van der Waals surface area contributed by atoms with Crippen molar-refractivity contribution in [2.24, 2.45) is 0 Å². The number of thiazole rings is 1. The summed E-state index contributed by atoms with van der Waals surface area (Å²) in [5.41, 5.74) is 3.21. The van der Waals surface area contributed by atoms with Gasteiger partial charge in [0.1, 0.15) is 0 Å². The standard InChI is InChI=1S/C19H18N2OS2/c1-21(12-15-8-4-2-5-9-15)18(22)14-24-19-20-17(13-23-19)16-10-6-3-7-11-16/h2-11,13H,12,14H2,1H3. The van der Waals surface area contributed by atoms with Crippen molar-refractivity contribution in [2.45, 2.75) is 10.9 Å². The van der Waals surface area contributed by atoms with Crippen LogP contribution in [0.4, 0.5) is 0 Å². The van der Waals surface area contributed by atoms with Crippen LogP contribution in [0, 0.1) is 0 Å². The Hall–Kier alpha value is -2.11. The number of thioether (sulfide) groups is 1. The molecule has 0 aliphatic heterocycles. The normalized spacial score (nSPS) is 10.5. The molecule has 0 N–H and O–H groups in total. The minimum atomic E-state index is 0.111. The van der Waals surface area contributed by atoms with Gasteiger partial charge in [-0.2, -0.15) is 0 Å². The van der Waals surface area contributed by atoms with E-state index in [-0.39, 0.29) is 5.91 Å². The van der Waals surface area contributed by atoms with Crippen LogP contribution < -0.4 is 0 Å². The van der Waals surface area contributed by atoms with Gasteiger partial charge in [-0.3, -0.25) is 4.79 Å². The first-order valence-corrected chi connectivity index (χ1v) is 9.50. The number of carbonyl (C=O) groups is 1. The lowest BCUT2D eigenvalue weighted by Crippen LogP contribution is -2.27. The quantitative estimate of drug-likeness (QED) is 0.608. The zero-order valence-corrected chi connectivity index (χ0v) is 15.0. The zero-order chi connectivity index (χ0) is 16.8. The molecule has 3 nitrogen and oxygen atoms in total. The van der Waals surface area contributed by atoms with Crippen molar-refractivity contribution < 1.29 is 4.79 Å². The SMILES string of the molecule is CN(Cc1ccccc1)C(=O)CSc1nc(-c2ccccc2)cs1. The fourth-order valence-electron chi connectivity index (χ4n) is 2.24. The van der Waals surface area contributed by atoms with Gasteiger partial charge in [0.05, 0.1) is 11.4 Å². The molecule has 0 aliphatic rings. The van der Waals surface area contributed by atoms with Crippen LogP contribution in [0.5, 0.6) is 0 Å². The van der Waals surface area contributed by atoms with Crippen LogP contribution in [0.2, 0.25) is 0 Å². The molecule has 0 saturated heterocycles. The Labute approximate surface area is 150 Å². The maximum Gasteiger partial charge on any atom is 0.233 e. The highest BCUT2D eigenvalue weighted by atomic mass is 32.2. The molecule has 1 heterocycles. The Kier molecular flexibility index (Phi) is 5.67. The van der Waals surface area contributed by atoms with Crippen molar-refractivity contribution in [3.05, 3.63) is 71.6 Å². The topological polar surface area (TPSA) is 33.2 Å². The minimum Gasteiger partial charge on any atom is -0.341 e. The molecule has 24 heavy (non-hydrogen) atoms. The van der Waals surface area contributed by atoms with Gasteiger partial charge in [-0.1, -0.05) is 72.4 Å². The maximum absolute atomic E-state index is 12.3. The van der Waals surface area contributed by atoms with E-state index in [0.717, 1.165) is 21.2 Å². The Morgan fingerprint density at radius 1 is 1.08 bits per heavy atom. The monoisotopic (exact) mass is 354 g/mol. The van der Waals surface area contributed by atoms with Crippen molar-refractivity contribution in [1.29, 1.82) is 0 Å². The van der Waals surface area contributed by atoms with Crippen molar-refractivity contribution in [3.8, 4) is 11.3 Å². The zero-order valence-electron chi connectivity index (χ0n) is 13.4. The summed E-state index contributed by atoms with van der Waals surface area (Å²) in [6.45, 7) is 0.632. The van der Waals surface area contributed by atoms with Crippen LogP contribution in [0.1, 0.15) is 5.56 Å². The first-order chi connectivity index (χ1) is 11.7. The first kappa shape index (κ1) is 16.7. The number of aromatic nitrogens is 1. The molecule has 0 aliphatic carbocycles. The van der Waals surface area contributed by atoms with Gasteiger partial charge in [0.2, 0.25) is 5.91 Å². The highest BCUT2D eigenvalue weighted by Crippen LogP contribution is 2.28. The van der Waals surface area contributed by atoms with E-state index < -0.39 is 0 Å². The molecule has 0 radical (unpaired) electrons. The number of benzene rings is 2. The minimum absolute atomic E-state index is 0.111. The second kappa shape index (κ2) is 8.13.